The second kappa shape index (κ2) is 14.8. The summed E-state index contributed by atoms with van der Waals surface area (Å²) in [5.41, 5.74) is 0. The summed E-state index contributed by atoms with van der Waals surface area (Å²) in [6.07, 6.45) is 3.22. The van der Waals surface area contributed by atoms with Crippen molar-refractivity contribution in [1.82, 2.24) is 5.23 Å². The van der Waals surface area contributed by atoms with Crippen molar-refractivity contribution in [3.63, 3.8) is 0 Å². The fourth-order valence-electron chi connectivity index (χ4n) is 0.943. The van der Waals surface area contributed by atoms with Gasteiger partial charge in [-0.25, -0.2) is 0 Å². The van der Waals surface area contributed by atoms with Crippen molar-refractivity contribution >= 4 is 0 Å². The van der Waals surface area contributed by atoms with Crippen molar-refractivity contribution in [2.75, 3.05) is 33.0 Å². The smallest absolute Gasteiger partial charge is 1.00 e. The summed E-state index contributed by atoms with van der Waals surface area (Å²) in [5.74, 6) is 0. The Hall–Kier alpha value is 0.800. The van der Waals surface area contributed by atoms with Crippen LogP contribution in [-0.4, -0.2) is 48.4 Å². The van der Waals surface area contributed by atoms with Crippen molar-refractivity contribution in [2.45, 2.75) is 26.2 Å². The van der Waals surface area contributed by atoms with Crippen molar-refractivity contribution in [2.24, 2.45) is 0 Å². The van der Waals surface area contributed by atoms with Gasteiger partial charge in [0, 0.05) is 0 Å². The Kier molecular flexibility index (Phi) is 17.9. The van der Waals surface area contributed by atoms with Gasteiger partial charge in [-0.05, 0) is 6.42 Å². The number of hydrogen-bond donors (Lipinski definition) is 2. The maximum atomic E-state index is 8.56. The molecule has 0 aliphatic heterocycles. The van der Waals surface area contributed by atoms with E-state index >= 15 is 0 Å². The van der Waals surface area contributed by atoms with Gasteiger partial charge in [-0.3, -0.25) is 9.68 Å². The van der Waals surface area contributed by atoms with Gasteiger partial charge in [-0.2, -0.15) is 0 Å². The van der Waals surface area contributed by atoms with Crippen molar-refractivity contribution in [3.05, 3.63) is 0 Å². The van der Waals surface area contributed by atoms with Crippen LogP contribution in [0, 0.1) is 0 Å². The molecule has 6 heteroatoms. The van der Waals surface area contributed by atoms with Crippen LogP contribution in [0.3, 0.4) is 0 Å². The molecule has 0 unspecified atom stereocenters. The zero-order chi connectivity index (χ0) is 10.6. The van der Waals surface area contributed by atoms with Gasteiger partial charge < -0.3 is 11.6 Å². The molecule has 0 atom stereocenters. The van der Waals surface area contributed by atoms with E-state index < -0.39 is 0 Å². The van der Waals surface area contributed by atoms with E-state index in [0.29, 0.717) is 6.54 Å². The average molecular weight is 231 g/mol. The number of unbranched alkanes of at least 4 members (excludes halogenated alkanes) is 2. The Bertz CT molecular complexity index is 116. The first-order chi connectivity index (χ1) is 6.85. The Morgan fingerprint density at radius 2 is 1.60 bits per heavy atom. The van der Waals surface area contributed by atoms with E-state index in [1.807, 2.05) is 0 Å². The van der Waals surface area contributed by atoms with Crippen LogP contribution >= 0.6 is 0 Å². The van der Waals surface area contributed by atoms with E-state index in [2.05, 4.69) is 6.92 Å². The van der Waals surface area contributed by atoms with Crippen molar-refractivity contribution in [1.29, 1.82) is 0 Å². The molecule has 5 nitrogen and oxygen atoms in total. The molecule has 0 radical (unpaired) electrons. The first-order valence-corrected chi connectivity index (χ1v) is 5.10. The second-order valence-electron chi connectivity index (χ2n) is 2.88. The zero-order valence-corrected chi connectivity index (χ0v) is 11.8. The van der Waals surface area contributed by atoms with E-state index in [0.717, 1.165) is 19.3 Å². The minimum absolute atomic E-state index is 0. The van der Waals surface area contributed by atoms with E-state index in [-0.39, 0.29) is 57.4 Å². The van der Waals surface area contributed by atoms with Crippen LogP contribution in [0.5, 0.6) is 0 Å². The van der Waals surface area contributed by atoms with Gasteiger partial charge in [0.15, 0.2) is 0 Å². The Morgan fingerprint density at radius 1 is 1.07 bits per heavy atom. The fourth-order valence-corrected chi connectivity index (χ4v) is 0.943. The third-order valence-corrected chi connectivity index (χ3v) is 1.60. The van der Waals surface area contributed by atoms with Crippen LogP contribution in [-0.2, 0) is 9.68 Å². The first-order valence-electron chi connectivity index (χ1n) is 5.10. The normalized spacial score (nSPS) is 10.4. The topological polar surface area (TPSA) is 62.2 Å². The minimum Gasteiger partial charge on any atom is -1.00 e. The average Bonchev–Trinajstić information content (AvgIpc) is 2.21. The summed E-state index contributed by atoms with van der Waals surface area (Å²) in [5, 5.41) is 18.4. The summed E-state index contributed by atoms with van der Waals surface area (Å²) in [4.78, 5) is 10.2. The van der Waals surface area contributed by atoms with Gasteiger partial charge >= 0.3 is 29.6 Å². The van der Waals surface area contributed by atoms with Crippen molar-refractivity contribution in [3.8, 4) is 0 Å². The maximum Gasteiger partial charge on any atom is 1.00 e. The van der Waals surface area contributed by atoms with Gasteiger partial charge in [0.2, 0.25) is 0 Å². The standard InChI is InChI=1S/C9H21NO4.Na.H/c1-2-3-4-5-10(13-8-6-11)14-9-7-12;;/h11-12H,2-9H2,1H3;;/q;+1;-1. The monoisotopic (exact) mass is 231 g/mol. The summed E-state index contributed by atoms with van der Waals surface area (Å²) in [6.45, 7) is 3.15. The van der Waals surface area contributed by atoms with E-state index in [1.54, 1.807) is 0 Å². The summed E-state index contributed by atoms with van der Waals surface area (Å²) in [6, 6.07) is 0. The van der Waals surface area contributed by atoms with Crippen LogP contribution in [0.4, 0.5) is 0 Å². The quantitative estimate of drug-likeness (QED) is 0.246. The van der Waals surface area contributed by atoms with Crippen LogP contribution in [0.1, 0.15) is 27.6 Å². The van der Waals surface area contributed by atoms with Crippen LogP contribution in [0.2, 0.25) is 0 Å². The Labute approximate surface area is 115 Å². The molecule has 2 N–H and O–H groups in total. The van der Waals surface area contributed by atoms with Gasteiger partial charge in [-0.1, -0.05) is 25.0 Å². The van der Waals surface area contributed by atoms with E-state index in [9.17, 15) is 0 Å². The molecule has 0 saturated heterocycles. The third kappa shape index (κ3) is 12.7. The number of aliphatic hydroxyl groups excluding tert-OH is 2. The predicted octanol–water partition coefficient (Wildman–Crippen LogP) is -2.56. The number of hydroxylamine groups is 2. The molecule has 0 aromatic rings. The summed E-state index contributed by atoms with van der Waals surface area (Å²) >= 11 is 0. The minimum atomic E-state index is -0.0350. The molecular weight excluding hydrogens is 209 g/mol. The summed E-state index contributed by atoms with van der Waals surface area (Å²) < 4.78 is 0. The number of rotatable bonds is 10. The van der Waals surface area contributed by atoms with Gasteiger partial charge in [0.1, 0.15) is 0 Å². The first kappa shape index (κ1) is 18.2. The molecule has 0 aliphatic carbocycles. The van der Waals surface area contributed by atoms with Crippen LogP contribution < -0.4 is 29.6 Å². The molecule has 88 valence electrons. The second-order valence-corrected chi connectivity index (χ2v) is 2.88. The molecule has 0 bridgehead atoms. The molecule has 0 fully saturated rings. The molecule has 0 spiro atoms. The Balaban J connectivity index is -0.000000845. The molecule has 0 amide bonds. The van der Waals surface area contributed by atoms with E-state index in [4.69, 9.17) is 19.9 Å². The fraction of sp³-hybridized carbons (Fsp3) is 1.00. The van der Waals surface area contributed by atoms with Crippen LogP contribution in [0.25, 0.3) is 0 Å². The third-order valence-electron chi connectivity index (χ3n) is 1.60. The Morgan fingerprint density at radius 3 is 2.00 bits per heavy atom. The van der Waals surface area contributed by atoms with Gasteiger partial charge in [0.05, 0.1) is 33.0 Å². The SMILES string of the molecule is CCCCCN(OCCO)OCCO.[H-].[Na+]. The molecule has 0 saturated carbocycles. The maximum absolute atomic E-state index is 8.56. The molecule has 0 heterocycles. The molecule has 0 aliphatic rings. The molecular formula is C9H22NNaO4. The molecule has 0 aromatic heterocycles. The number of nitrogens with zero attached hydrogens (tertiary/aromatic N) is 1. The zero-order valence-electron chi connectivity index (χ0n) is 10.8. The largest absolute Gasteiger partial charge is 1.00 e. The van der Waals surface area contributed by atoms with E-state index in [1.165, 1.54) is 5.23 Å². The van der Waals surface area contributed by atoms with Crippen molar-refractivity contribution < 1.29 is 50.9 Å². The number of aliphatic hydroxyl groups is 2. The molecule has 15 heavy (non-hydrogen) atoms. The predicted molar refractivity (Wildman–Crippen MR) is 53.4 cm³/mol. The van der Waals surface area contributed by atoms with Gasteiger partial charge in [-0.15, -0.1) is 0 Å². The number of hydrogen-bond acceptors (Lipinski definition) is 5. The van der Waals surface area contributed by atoms with Gasteiger partial charge in [0.25, 0.3) is 0 Å². The molecule has 0 rings (SSSR count). The molecule has 0 aromatic carbocycles. The van der Waals surface area contributed by atoms with Crippen LogP contribution in [0.15, 0.2) is 0 Å². The summed E-state index contributed by atoms with van der Waals surface area (Å²) in [7, 11) is 0.